The van der Waals surface area contributed by atoms with Crippen LogP contribution in [-0.4, -0.2) is 193 Å². The molecule has 0 spiro atoms. The van der Waals surface area contributed by atoms with Gasteiger partial charge in [-0.2, -0.15) is 0 Å². The minimum absolute atomic E-state index is 0.00199. The fourth-order valence-corrected chi connectivity index (χ4v) is 8.84. The van der Waals surface area contributed by atoms with Crippen molar-refractivity contribution in [2.75, 3.05) is 99.8 Å². The maximum Gasteiger partial charge on any atom is 0.326 e. The van der Waals surface area contributed by atoms with Crippen LogP contribution in [0.15, 0.2) is 0 Å². The fourth-order valence-electron chi connectivity index (χ4n) is 8.84. The van der Waals surface area contributed by atoms with Gasteiger partial charge in [-0.05, 0) is 57.3 Å². The fraction of sp³-hybridized carbons (Fsp3) is 0.821. The van der Waals surface area contributed by atoms with Crippen molar-refractivity contribution < 1.29 is 91.7 Å². The highest BCUT2D eigenvalue weighted by Gasteiger charge is 2.30. The van der Waals surface area contributed by atoms with E-state index < -0.39 is 84.1 Å². The molecule has 0 heterocycles. The zero-order valence-corrected chi connectivity index (χ0v) is 48.8. The highest BCUT2D eigenvalue weighted by atomic mass is 16.7. The van der Waals surface area contributed by atoms with Crippen LogP contribution in [0.2, 0.25) is 0 Å². The molecule has 472 valence electrons. The van der Waals surface area contributed by atoms with Crippen molar-refractivity contribution >= 4 is 59.3 Å². The molecule has 26 nitrogen and oxygen atoms in total. The van der Waals surface area contributed by atoms with Crippen LogP contribution in [0.3, 0.4) is 0 Å². The van der Waals surface area contributed by atoms with Crippen LogP contribution in [0.1, 0.15) is 167 Å². The van der Waals surface area contributed by atoms with Crippen LogP contribution in [0.5, 0.6) is 0 Å². The summed E-state index contributed by atoms with van der Waals surface area (Å²) in [6.07, 6.45) is 19.7. The molecule has 1 saturated carbocycles. The van der Waals surface area contributed by atoms with Gasteiger partial charge in [0.25, 0.3) is 0 Å². The SMILES string of the molecule is COC(CNC(=O)CNC(=O)COCCOCCNC(=O)COCCOCCNC(=O)[C@H](CCC(=O)O)NC(=O)CC[C@H](NC(=O)[C@H]1CC[C@H](CNC(=O)CCCCCCCCCCCCCCCCCCC(=O)O)CC1)C(=O)O)OC. The van der Waals surface area contributed by atoms with Crippen LogP contribution in [0, 0.1) is 11.8 Å². The van der Waals surface area contributed by atoms with Crippen molar-refractivity contribution in [1.82, 2.24) is 37.2 Å². The highest BCUT2D eigenvalue weighted by Crippen LogP contribution is 2.29. The molecule has 1 aliphatic rings. The average Bonchev–Trinajstić information content (AvgIpc) is 3.45. The van der Waals surface area contributed by atoms with Gasteiger partial charge in [0.1, 0.15) is 25.3 Å². The van der Waals surface area contributed by atoms with Crippen LogP contribution >= 0.6 is 0 Å². The second-order valence-electron chi connectivity index (χ2n) is 20.5. The quantitative estimate of drug-likeness (QED) is 0.0309. The van der Waals surface area contributed by atoms with Gasteiger partial charge in [-0.1, -0.05) is 89.9 Å². The van der Waals surface area contributed by atoms with Crippen molar-refractivity contribution in [2.45, 2.75) is 185 Å². The number of unbranched alkanes of at least 4 members (excludes halogenated alkanes) is 15. The van der Waals surface area contributed by atoms with E-state index in [1.165, 1.54) is 78.4 Å². The Kier molecular flexibility index (Phi) is 45.4. The lowest BCUT2D eigenvalue weighted by Gasteiger charge is -2.28. The number of hydrogen-bond donors (Lipinski definition) is 10. The molecule has 0 unspecified atom stereocenters. The lowest BCUT2D eigenvalue weighted by Crippen LogP contribution is -2.48. The number of ether oxygens (including phenoxy) is 6. The first-order valence-electron chi connectivity index (χ1n) is 29.5. The summed E-state index contributed by atoms with van der Waals surface area (Å²) in [5.41, 5.74) is 0. The standard InChI is InChI=1S/C56H99N7O19/c1-77-53(78-2)39-61-48(66)38-60-50(68)41-82-36-33-79-31-29-57-49(67)40-81-35-34-80-32-30-58-55(74)44(26-28-52(71)72)62-47(65)27-25-45(56(75)76)63-54(73)43-23-21-42(22-24-43)37-59-46(64)19-17-15-13-11-9-7-5-3-4-6-8-10-12-14-16-18-20-51(69)70/h42-45,53H,3-41H2,1-2H3,(H,57,67)(H,58,74)(H,59,64)(H,60,68)(H,61,66)(H,62,65)(H,63,73)(H,69,70)(H,71,72)(H,75,76)/t42-,43-,44-,45-/m0/s1. The summed E-state index contributed by atoms with van der Waals surface area (Å²) in [6, 6.07) is -2.61. The normalized spacial score (nSPS) is 14.7. The molecule has 2 atom stereocenters. The third kappa shape index (κ3) is 43.2. The van der Waals surface area contributed by atoms with E-state index in [-0.39, 0.29) is 117 Å². The Labute approximate surface area is 483 Å². The lowest BCUT2D eigenvalue weighted by atomic mass is 9.81. The molecule has 0 aromatic heterocycles. The number of aliphatic carboxylic acids is 3. The number of carbonyl (C=O) groups is 10. The number of carboxylic acids is 3. The zero-order valence-electron chi connectivity index (χ0n) is 48.8. The maximum absolute atomic E-state index is 13.1. The Bertz CT molecular complexity index is 1820. The predicted molar refractivity (Wildman–Crippen MR) is 300 cm³/mol. The second-order valence-corrected chi connectivity index (χ2v) is 20.5. The minimum Gasteiger partial charge on any atom is -0.481 e. The zero-order chi connectivity index (χ0) is 60.4. The molecule has 0 aromatic carbocycles. The molecule has 82 heavy (non-hydrogen) atoms. The lowest BCUT2D eigenvalue weighted by molar-refractivity contribution is -0.143. The summed E-state index contributed by atoms with van der Waals surface area (Å²) >= 11 is 0. The molecule has 26 heteroatoms. The summed E-state index contributed by atoms with van der Waals surface area (Å²) < 4.78 is 31.2. The number of hydrogen-bond acceptors (Lipinski definition) is 16. The van der Waals surface area contributed by atoms with E-state index in [1.807, 2.05) is 0 Å². The van der Waals surface area contributed by atoms with Gasteiger partial charge >= 0.3 is 17.9 Å². The van der Waals surface area contributed by atoms with Crippen molar-refractivity contribution in [1.29, 1.82) is 0 Å². The molecule has 0 aromatic rings. The largest absolute Gasteiger partial charge is 0.481 e. The van der Waals surface area contributed by atoms with E-state index in [0.717, 1.165) is 38.5 Å². The van der Waals surface area contributed by atoms with Crippen molar-refractivity contribution in [2.24, 2.45) is 11.8 Å². The van der Waals surface area contributed by atoms with Crippen LogP contribution in [0.4, 0.5) is 0 Å². The molecule has 0 aliphatic heterocycles. The Hall–Kier alpha value is -5.54. The first kappa shape index (κ1) is 74.5. The van der Waals surface area contributed by atoms with Crippen molar-refractivity contribution in [3.05, 3.63) is 0 Å². The molecule has 1 fully saturated rings. The third-order valence-corrected chi connectivity index (χ3v) is 13.7. The van der Waals surface area contributed by atoms with E-state index >= 15 is 0 Å². The average molecular weight is 1170 g/mol. The third-order valence-electron chi connectivity index (χ3n) is 13.7. The first-order chi connectivity index (χ1) is 39.5. The van der Waals surface area contributed by atoms with Crippen LogP contribution < -0.4 is 37.2 Å². The van der Waals surface area contributed by atoms with Gasteiger partial charge in [0.05, 0.1) is 52.7 Å². The van der Waals surface area contributed by atoms with Crippen molar-refractivity contribution in [3.8, 4) is 0 Å². The number of carbonyl (C=O) groups excluding carboxylic acids is 7. The summed E-state index contributed by atoms with van der Waals surface area (Å²) in [5.74, 6) is -6.52. The highest BCUT2D eigenvalue weighted by molar-refractivity contribution is 5.89. The summed E-state index contributed by atoms with van der Waals surface area (Å²) in [4.78, 5) is 121. The smallest absolute Gasteiger partial charge is 0.326 e. The summed E-state index contributed by atoms with van der Waals surface area (Å²) in [7, 11) is 2.87. The summed E-state index contributed by atoms with van der Waals surface area (Å²) in [6.45, 7) is 0.681. The van der Waals surface area contributed by atoms with Crippen molar-refractivity contribution in [3.63, 3.8) is 0 Å². The van der Waals surface area contributed by atoms with Gasteiger partial charge in [0, 0.05) is 65.5 Å². The molecule has 1 rings (SSSR count). The van der Waals surface area contributed by atoms with Gasteiger partial charge < -0.3 is 81.0 Å². The predicted octanol–water partition coefficient (Wildman–Crippen LogP) is 2.86. The number of nitrogens with one attached hydrogen (secondary N) is 7. The van der Waals surface area contributed by atoms with Gasteiger partial charge in [-0.25, -0.2) is 4.79 Å². The molecule has 1 aliphatic carbocycles. The Morgan fingerprint density at radius 3 is 1.43 bits per heavy atom. The van der Waals surface area contributed by atoms with Gasteiger partial charge in [-0.3, -0.25) is 43.2 Å². The van der Waals surface area contributed by atoms with Gasteiger partial charge in [-0.15, -0.1) is 0 Å². The monoisotopic (exact) mass is 1170 g/mol. The molecule has 0 bridgehead atoms. The van der Waals surface area contributed by atoms with Crippen LogP contribution in [0.25, 0.3) is 0 Å². The molecular weight excluding hydrogens is 1070 g/mol. The van der Waals surface area contributed by atoms with Gasteiger partial charge in [0.2, 0.25) is 41.4 Å². The summed E-state index contributed by atoms with van der Waals surface area (Å²) in [5, 5.41) is 46.0. The number of rotatable bonds is 54. The molecular formula is C56H99N7O19. The Morgan fingerprint density at radius 2 is 0.915 bits per heavy atom. The molecule has 7 amide bonds. The Balaban J connectivity index is 2.18. The maximum atomic E-state index is 13.1. The van der Waals surface area contributed by atoms with E-state index in [1.54, 1.807) is 0 Å². The molecule has 10 N–H and O–H groups in total. The number of amides is 7. The van der Waals surface area contributed by atoms with E-state index in [4.69, 9.17) is 33.5 Å². The van der Waals surface area contributed by atoms with E-state index in [0.29, 0.717) is 38.6 Å². The minimum atomic E-state index is -1.37. The number of methoxy groups -OCH3 is 2. The van der Waals surface area contributed by atoms with E-state index in [9.17, 15) is 58.2 Å². The second kappa shape index (κ2) is 50.0. The molecule has 0 saturated heterocycles. The Morgan fingerprint density at radius 1 is 0.439 bits per heavy atom. The number of carboxylic acid groups (broad SMARTS) is 3. The van der Waals surface area contributed by atoms with Crippen LogP contribution in [-0.2, 0) is 76.4 Å². The first-order valence-corrected chi connectivity index (χ1v) is 29.5. The topological polar surface area (TPSA) is 371 Å². The van der Waals surface area contributed by atoms with Gasteiger partial charge in [0.15, 0.2) is 6.29 Å². The van der Waals surface area contributed by atoms with E-state index in [2.05, 4.69) is 37.2 Å². The molecule has 0 radical (unpaired) electrons.